The first-order valence-electron chi connectivity index (χ1n) is 6.17. The van der Waals surface area contributed by atoms with Gasteiger partial charge < -0.3 is 18.9 Å². The van der Waals surface area contributed by atoms with Gasteiger partial charge in [0.1, 0.15) is 0 Å². The minimum absolute atomic E-state index is 0.196. The summed E-state index contributed by atoms with van der Waals surface area (Å²) in [5, 5.41) is 0. The van der Waals surface area contributed by atoms with Crippen LogP contribution in [-0.2, 0) is 18.9 Å². The Morgan fingerprint density at radius 3 is 1.29 bits per heavy atom. The molecule has 0 amide bonds. The summed E-state index contributed by atoms with van der Waals surface area (Å²) in [4.78, 5) is 0. The molecule has 0 rings (SSSR count). The van der Waals surface area contributed by atoms with Crippen LogP contribution in [0.15, 0.2) is 0 Å². The molecule has 0 heterocycles. The smallest absolute Gasteiger partial charge is 0.0637 e. The average molecular weight is 248 g/mol. The lowest BCUT2D eigenvalue weighted by Gasteiger charge is -2.33. The molecule has 0 spiro atoms. The van der Waals surface area contributed by atoms with Gasteiger partial charge in [-0.3, -0.25) is 0 Å². The molecule has 0 aromatic carbocycles. The van der Waals surface area contributed by atoms with Gasteiger partial charge in [-0.1, -0.05) is 0 Å². The van der Waals surface area contributed by atoms with Crippen LogP contribution in [0.3, 0.4) is 0 Å². The molecule has 0 aliphatic rings. The van der Waals surface area contributed by atoms with Crippen LogP contribution in [-0.4, -0.2) is 52.9 Å². The summed E-state index contributed by atoms with van der Waals surface area (Å²) in [5.41, 5.74) is -0.224. The summed E-state index contributed by atoms with van der Waals surface area (Å²) in [6.45, 7) is 10.4. The Bertz CT molecular complexity index is 160. The monoisotopic (exact) mass is 248 g/mol. The van der Waals surface area contributed by atoms with Crippen molar-refractivity contribution in [1.29, 1.82) is 0 Å². The Morgan fingerprint density at radius 1 is 0.706 bits per heavy atom. The number of rotatable bonds is 10. The van der Waals surface area contributed by atoms with Gasteiger partial charge in [0.15, 0.2) is 0 Å². The minimum atomic E-state index is -0.224. The second-order valence-electron chi connectivity index (χ2n) is 5.09. The SMILES string of the molecule is COCC(COC)(COC(C)C)COC(C)C. The fraction of sp³-hybridized carbons (Fsp3) is 1.00. The highest BCUT2D eigenvalue weighted by atomic mass is 16.5. The van der Waals surface area contributed by atoms with Crippen LogP contribution in [0.25, 0.3) is 0 Å². The van der Waals surface area contributed by atoms with Gasteiger partial charge >= 0.3 is 0 Å². The second-order valence-corrected chi connectivity index (χ2v) is 5.09. The molecular formula is C13H28O4. The van der Waals surface area contributed by atoms with E-state index in [4.69, 9.17) is 18.9 Å². The van der Waals surface area contributed by atoms with Crippen molar-refractivity contribution in [2.45, 2.75) is 39.9 Å². The Balaban J connectivity index is 4.47. The van der Waals surface area contributed by atoms with E-state index < -0.39 is 0 Å². The van der Waals surface area contributed by atoms with Crippen LogP contribution in [0.4, 0.5) is 0 Å². The maximum Gasteiger partial charge on any atom is 0.0637 e. The van der Waals surface area contributed by atoms with Crippen LogP contribution >= 0.6 is 0 Å². The Morgan fingerprint density at radius 2 is 1.06 bits per heavy atom. The topological polar surface area (TPSA) is 36.9 Å². The summed E-state index contributed by atoms with van der Waals surface area (Å²) >= 11 is 0. The van der Waals surface area contributed by atoms with E-state index >= 15 is 0 Å². The van der Waals surface area contributed by atoms with Crippen LogP contribution < -0.4 is 0 Å². The van der Waals surface area contributed by atoms with Gasteiger partial charge in [0, 0.05) is 14.2 Å². The summed E-state index contributed by atoms with van der Waals surface area (Å²) in [5.74, 6) is 0. The Kier molecular flexibility index (Phi) is 8.78. The van der Waals surface area contributed by atoms with E-state index in [1.807, 2.05) is 27.7 Å². The molecule has 0 radical (unpaired) electrons. The Hall–Kier alpha value is -0.160. The van der Waals surface area contributed by atoms with Crippen molar-refractivity contribution in [2.75, 3.05) is 40.6 Å². The van der Waals surface area contributed by atoms with Crippen LogP contribution in [0, 0.1) is 5.41 Å². The Labute approximate surface area is 106 Å². The molecule has 0 bridgehead atoms. The molecule has 0 aliphatic carbocycles. The van der Waals surface area contributed by atoms with Gasteiger partial charge in [-0.05, 0) is 27.7 Å². The van der Waals surface area contributed by atoms with E-state index in [2.05, 4.69) is 0 Å². The molecule has 0 fully saturated rings. The third-order valence-electron chi connectivity index (χ3n) is 2.35. The van der Waals surface area contributed by atoms with Crippen LogP contribution in [0.1, 0.15) is 27.7 Å². The molecule has 0 aromatic heterocycles. The minimum Gasteiger partial charge on any atom is -0.384 e. The lowest BCUT2D eigenvalue weighted by molar-refractivity contribution is -0.111. The molecule has 0 aromatic rings. The van der Waals surface area contributed by atoms with E-state index in [0.29, 0.717) is 26.4 Å². The number of hydrogen-bond acceptors (Lipinski definition) is 4. The van der Waals surface area contributed by atoms with E-state index in [-0.39, 0.29) is 17.6 Å². The van der Waals surface area contributed by atoms with Crippen LogP contribution in [0.2, 0.25) is 0 Å². The molecular weight excluding hydrogens is 220 g/mol. The predicted molar refractivity (Wildman–Crippen MR) is 68.4 cm³/mol. The fourth-order valence-corrected chi connectivity index (χ4v) is 1.55. The first-order chi connectivity index (χ1) is 7.95. The largest absolute Gasteiger partial charge is 0.384 e. The van der Waals surface area contributed by atoms with E-state index in [9.17, 15) is 0 Å². The number of methoxy groups -OCH3 is 2. The first kappa shape index (κ1) is 16.8. The standard InChI is InChI=1S/C13H28O4/c1-11(2)16-9-13(7-14-5,8-15-6)10-17-12(3)4/h11-12H,7-10H2,1-6H3. The molecule has 0 N–H and O–H groups in total. The molecule has 0 aliphatic heterocycles. The maximum absolute atomic E-state index is 5.70. The quantitative estimate of drug-likeness (QED) is 0.593. The molecule has 0 saturated heterocycles. The first-order valence-corrected chi connectivity index (χ1v) is 6.17. The lowest BCUT2D eigenvalue weighted by atomic mass is 9.92. The average Bonchev–Trinajstić information content (AvgIpc) is 2.24. The van der Waals surface area contributed by atoms with Crippen molar-refractivity contribution < 1.29 is 18.9 Å². The second kappa shape index (κ2) is 8.86. The van der Waals surface area contributed by atoms with Gasteiger partial charge in [-0.2, -0.15) is 0 Å². The van der Waals surface area contributed by atoms with Crippen molar-refractivity contribution >= 4 is 0 Å². The van der Waals surface area contributed by atoms with Gasteiger partial charge in [-0.15, -0.1) is 0 Å². The van der Waals surface area contributed by atoms with Gasteiger partial charge in [-0.25, -0.2) is 0 Å². The highest BCUT2D eigenvalue weighted by Gasteiger charge is 2.32. The van der Waals surface area contributed by atoms with Gasteiger partial charge in [0.2, 0.25) is 0 Å². The molecule has 4 heteroatoms. The zero-order valence-electron chi connectivity index (χ0n) is 12.1. The van der Waals surface area contributed by atoms with E-state index in [1.54, 1.807) is 14.2 Å². The highest BCUT2D eigenvalue weighted by molar-refractivity contribution is 4.79. The van der Waals surface area contributed by atoms with Crippen molar-refractivity contribution in [1.82, 2.24) is 0 Å². The highest BCUT2D eigenvalue weighted by Crippen LogP contribution is 2.21. The van der Waals surface area contributed by atoms with Gasteiger partial charge in [0.05, 0.1) is 44.1 Å². The molecule has 0 unspecified atom stereocenters. The fourth-order valence-electron chi connectivity index (χ4n) is 1.55. The molecule has 104 valence electrons. The van der Waals surface area contributed by atoms with Gasteiger partial charge in [0.25, 0.3) is 0 Å². The molecule has 0 atom stereocenters. The van der Waals surface area contributed by atoms with Crippen molar-refractivity contribution in [2.24, 2.45) is 5.41 Å². The molecule has 4 nitrogen and oxygen atoms in total. The van der Waals surface area contributed by atoms with Crippen molar-refractivity contribution in [3.8, 4) is 0 Å². The van der Waals surface area contributed by atoms with Crippen molar-refractivity contribution in [3.05, 3.63) is 0 Å². The van der Waals surface area contributed by atoms with Crippen LogP contribution in [0.5, 0.6) is 0 Å². The summed E-state index contributed by atoms with van der Waals surface area (Å²) in [6, 6.07) is 0. The zero-order valence-corrected chi connectivity index (χ0v) is 12.1. The molecule has 17 heavy (non-hydrogen) atoms. The number of hydrogen-bond donors (Lipinski definition) is 0. The summed E-state index contributed by atoms with van der Waals surface area (Å²) in [6.07, 6.45) is 0.393. The summed E-state index contributed by atoms with van der Waals surface area (Å²) in [7, 11) is 3.38. The van der Waals surface area contributed by atoms with E-state index in [1.165, 1.54) is 0 Å². The molecule has 0 saturated carbocycles. The lowest BCUT2D eigenvalue weighted by Crippen LogP contribution is -2.42. The normalized spacial score (nSPS) is 12.7. The van der Waals surface area contributed by atoms with Crippen molar-refractivity contribution in [3.63, 3.8) is 0 Å². The maximum atomic E-state index is 5.70. The predicted octanol–water partition coefficient (Wildman–Crippen LogP) is 2.12. The number of ether oxygens (including phenoxy) is 4. The third kappa shape index (κ3) is 7.71. The zero-order chi connectivity index (χ0) is 13.3. The van der Waals surface area contributed by atoms with E-state index in [0.717, 1.165) is 0 Å². The summed E-state index contributed by atoms with van der Waals surface area (Å²) < 4.78 is 22.0. The third-order valence-corrected chi connectivity index (χ3v) is 2.35.